The Bertz CT molecular complexity index is 854. The van der Waals surface area contributed by atoms with Crippen molar-refractivity contribution in [1.29, 1.82) is 0 Å². The van der Waals surface area contributed by atoms with E-state index in [1.54, 1.807) is 12.1 Å². The molecule has 2 aromatic rings. The zero-order chi connectivity index (χ0) is 20.5. The summed E-state index contributed by atoms with van der Waals surface area (Å²) in [4.78, 5) is 34.1. The van der Waals surface area contributed by atoms with E-state index >= 15 is 0 Å². The van der Waals surface area contributed by atoms with Gasteiger partial charge >= 0.3 is 5.97 Å². The van der Waals surface area contributed by atoms with Crippen molar-refractivity contribution in [2.75, 3.05) is 37.4 Å². The zero-order valence-corrected chi connectivity index (χ0v) is 16.8. The highest BCUT2D eigenvalue weighted by molar-refractivity contribution is 8.13. The first-order valence-electron chi connectivity index (χ1n) is 8.40. The Morgan fingerprint density at radius 1 is 1.18 bits per heavy atom. The van der Waals surface area contributed by atoms with Crippen molar-refractivity contribution in [3.8, 4) is 0 Å². The summed E-state index contributed by atoms with van der Waals surface area (Å²) in [6.45, 7) is 4.21. The number of rotatable bonds is 9. The highest BCUT2D eigenvalue weighted by Gasteiger charge is 2.21. The standard InChI is InChI=1S/C20H23N3O4S/c1-15(20(25)26-2)16-12-21-18(22-13-16)19(24)23(14-27-10-11-28(3)4)17-8-6-5-7-9-17/h5-9,12-13H,1,3,10-11,14H2,2,4H3. The molecule has 1 aromatic heterocycles. The van der Waals surface area contributed by atoms with Crippen LogP contribution in [0.4, 0.5) is 5.69 Å². The van der Waals surface area contributed by atoms with Crippen LogP contribution < -0.4 is 4.90 Å². The molecule has 0 aliphatic carbocycles. The Morgan fingerprint density at radius 3 is 2.39 bits per heavy atom. The van der Waals surface area contributed by atoms with Gasteiger partial charge in [-0.2, -0.15) is 10.5 Å². The van der Waals surface area contributed by atoms with Gasteiger partial charge in [0, 0.05) is 29.4 Å². The fraction of sp³-hybridized carbons (Fsp3) is 0.250. The molecule has 1 unspecified atom stereocenters. The van der Waals surface area contributed by atoms with Crippen LogP contribution >= 0.6 is 10.5 Å². The molecule has 0 N–H and O–H groups in total. The predicted octanol–water partition coefficient (Wildman–Crippen LogP) is 2.61. The predicted molar refractivity (Wildman–Crippen MR) is 113 cm³/mol. The summed E-state index contributed by atoms with van der Waals surface area (Å²) in [6, 6.07) is 9.14. The van der Waals surface area contributed by atoms with E-state index in [-0.39, 0.29) is 28.6 Å². The lowest BCUT2D eigenvalue weighted by Crippen LogP contribution is -2.34. The summed E-state index contributed by atoms with van der Waals surface area (Å²) in [5.74, 6) is 3.76. The number of anilines is 1. The Labute approximate surface area is 166 Å². The largest absolute Gasteiger partial charge is 0.465 e. The average molecular weight is 401 g/mol. The molecule has 0 radical (unpaired) electrons. The van der Waals surface area contributed by atoms with Crippen molar-refractivity contribution in [3.63, 3.8) is 0 Å². The number of hydrogen-bond donors (Lipinski definition) is 0. The smallest absolute Gasteiger partial charge is 0.337 e. The van der Waals surface area contributed by atoms with E-state index in [4.69, 9.17) is 4.74 Å². The van der Waals surface area contributed by atoms with Crippen LogP contribution in [0.25, 0.3) is 5.57 Å². The van der Waals surface area contributed by atoms with Crippen LogP contribution in [-0.4, -0.2) is 60.2 Å². The topological polar surface area (TPSA) is 81.6 Å². The SMILES string of the molecule is C=C(C(=O)OC)c1cnc(C(=O)N(COCCS(=C)C)c2ccccc2)nc1. The lowest BCUT2D eigenvalue weighted by atomic mass is 10.1. The van der Waals surface area contributed by atoms with E-state index in [1.165, 1.54) is 24.4 Å². The maximum atomic E-state index is 12.9. The van der Waals surface area contributed by atoms with Gasteiger partial charge in [-0.1, -0.05) is 30.6 Å². The molecule has 1 atom stereocenters. The number of carbonyl (C=O) groups is 2. The molecule has 0 bridgehead atoms. The normalized spacial score (nSPS) is 11.5. The molecule has 0 fully saturated rings. The third kappa shape index (κ3) is 5.83. The second-order valence-electron chi connectivity index (χ2n) is 5.86. The van der Waals surface area contributed by atoms with Crippen LogP contribution in [0.1, 0.15) is 16.2 Å². The first-order valence-corrected chi connectivity index (χ1v) is 10.4. The number of nitrogens with zero attached hydrogens (tertiary/aromatic N) is 3. The molecule has 1 heterocycles. The number of hydrogen-bond acceptors (Lipinski definition) is 6. The Hall–Kier alpha value is -2.84. The second-order valence-corrected chi connectivity index (χ2v) is 7.83. The van der Waals surface area contributed by atoms with Gasteiger partial charge in [-0.15, -0.1) is 0 Å². The number of esters is 1. The monoisotopic (exact) mass is 401 g/mol. The number of carbonyl (C=O) groups excluding carboxylic acids is 2. The van der Waals surface area contributed by atoms with E-state index in [0.29, 0.717) is 17.9 Å². The first kappa shape index (κ1) is 21.5. The van der Waals surface area contributed by atoms with Crippen molar-refractivity contribution in [1.82, 2.24) is 9.97 Å². The van der Waals surface area contributed by atoms with Gasteiger partial charge in [0.05, 0.1) is 19.3 Å². The van der Waals surface area contributed by atoms with Crippen LogP contribution in [0.5, 0.6) is 0 Å². The minimum absolute atomic E-state index is 0.0127. The maximum Gasteiger partial charge on any atom is 0.337 e. The molecule has 28 heavy (non-hydrogen) atoms. The lowest BCUT2D eigenvalue weighted by molar-refractivity contribution is -0.133. The lowest BCUT2D eigenvalue weighted by Gasteiger charge is -2.22. The molecule has 1 amide bonds. The van der Waals surface area contributed by atoms with Gasteiger partial charge in [-0.3, -0.25) is 9.69 Å². The van der Waals surface area contributed by atoms with Crippen LogP contribution in [-0.2, 0) is 14.3 Å². The van der Waals surface area contributed by atoms with Gasteiger partial charge in [0.1, 0.15) is 6.73 Å². The van der Waals surface area contributed by atoms with E-state index in [9.17, 15) is 9.59 Å². The summed E-state index contributed by atoms with van der Waals surface area (Å²) in [6.07, 6.45) is 4.77. The summed E-state index contributed by atoms with van der Waals surface area (Å²) in [5.41, 5.74) is 1.17. The zero-order valence-electron chi connectivity index (χ0n) is 16.0. The number of benzene rings is 1. The maximum absolute atomic E-state index is 12.9. The van der Waals surface area contributed by atoms with E-state index in [2.05, 4.69) is 27.2 Å². The summed E-state index contributed by atoms with van der Waals surface area (Å²) < 4.78 is 10.3. The summed E-state index contributed by atoms with van der Waals surface area (Å²) in [7, 11) is 1.28. The van der Waals surface area contributed by atoms with E-state index < -0.39 is 11.9 Å². The minimum Gasteiger partial charge on any atom is -0.465 e. The molecule has 0 aliphatic heterocycles. The van der Waals surface area contributed by atoms with Crippen molar-refractivity contribution in [3.05, 3.63) is 60.7 Å². The number of amides is 1. The second kappa shape index (κ2) is 10.5. The quantitative estimate of drug-likeness (QED) is 0.211. The number of methoxy groups -OCH3 is 1. The highest BCUT2D eigenvalue weighted by atomic mass is 32.2. The van der Waals surface area contributed by atoms with Gasteiger partial charge in [0.25, 0.3) is 5.91 Å². The Morgan fingerprint density at radius 2 is 1.82 bits per heavy atom. The fourth-order valence-corrected chi connectivity index (χ4v) is 2.57. The van der Waals surface area contributed by atoms with Crippen LogP contribution in [0.15, 0.2) is 49.3 Å². The fourth-order valence-electron chi connectivity index (χ4n) is 2.17. The summed E-state index contributed by atoms with van der Waals surface area (Å²) >= 11 is 0. The molecule has 8 heteroatoms. The molecule has 1 aromatic carbocycles. The van der Waals surface area contributed by atoms with Gasteiger partial charge in [0.15, 0.2) is 0 Å². The van der Waals surface area contributed by atoms with Crippen molar-refractivity contribution >= 4 is 39.5 Å². The van der Waals surface area contributed by atoms with Gasteiger partial charge < -0.3 is 9.47 Å². The molecule has 0 saturated heterocycles. The Balaban J connectivity index is 2.18. The van der Waals surface area contributed by atoms with E-state index in [0.717, 1.165) is 5.75 Å². The van der Waals surface area contributed by atoms with Crippen LogP contribution in [0.3, 0.4) is 0 Å². The molecule has 0 spiro atoms. The Kier molecular flexibility index (Phi) is 8.03. The molecule has 2 rings (SSSR count). The average Bonchev–Trinajstić information content (AvgIpc) is 2.72. The first-order chi connectivity index (χ1) is 13.4. The van der Waals surface area contributed by atoms with Gasteiger partial charge in [0.2, 0.25) is 5.82 Å². The third-order valence-corrected chi connectivity index (χ3v) is 4.60. The molecule has 0 aliphatic rings. The molecular weight excluding hydrogens is 378 g/mol. The third-order valence-electron chi connectivity index (χ3n) is 3.73. The molecular formula is C20H23N3O4S. The van der Waals surface area contributed by atoms with Crippen LogP contribution in [0, 0.1) is 0 Å². The number of ether oxygens (including phenoxy) is 2. The van der Waals surface area contributed by atoms with Crippen molar-refractivity contribution in [2.45, 2.75) is 0 Å². The molecule has 148 valence electrons. The van der Waals surface area contributed by atoms with Crippen molar-refractivity contribution in [2.24, 2.45) is 0 Å². The van der Waals surface area contributed by atoms with Gasteiger partial charge in [-0.25, -0.2) is 14.8 Å². The van der Waals surface area contributed by atoms with Gasteiger partial charge in [-0.05, 0) is 18.4 Å². The van der Waals surface area contributed by atoms with Crippen molar-refractivity contribution < 1.29 is 19.1 Å². The molecule has 0 saturated carbocycles. The highest BCUT2D eigenvalue weighted by Crippen LogP contribution is 2.17. The number of para-hydroxylation sites is 1. The van der Waals surface area contributed by atoms with Crippen LogP contribution in [0.2, 0.25) is 0 Å². The number of aromatic nitrogens is 2. The van der Waals surface area contributed by atoms with E-state index in [1.807, 2.05) is 24.5 Å². The minimum atomic E-state index is -0.581. The summed E-state index contributed by atoms with van der Waals surface area (Å²) in [5, 5.41) is 0. The molecule has 7 nitrogen and oxygen atoms in total.